The summed E-state index contributed by atoms with van der Waals surface area (Å²) in [5, 5.41) is 5.83. The molecule has 1 aliphatic heterocycles. The van der Waals surface area contributed by atoms with Gasteiger partial charge in [-0.05, 0) is 31.9 Å². The second kappa shape index (κ2) is 7.44. The molecule has 3 rings (SSSR count). The van der Waals surface area contributed by atoms with Crippen LogP contribution < -0.4 is 0 Å². The summed E-state index contributed by atoms with van der Waals surface area (Å²) in [7, 11) is 0. The van der Waals surface area contributed by atoms with E-state index in [1.807, 2.05) is 10.3 Å². The smallest absolute Gasteiger partial charge is 0.249 e. The molecule has 124 valence electrons. The molecule has 0 saturated carbocycles. The second-order valence-corrected chi connectivity index (χ2v) is 7.86. The number of amides is 1. The van der Waals surface area contributed by atoms with Crippen LogP contribution in [0.5, 0.6) is 0 Å². The minimum absolute atomic E-state index is 0.0869. The van der Waals surface area contributed by atoms with Crippen LogP contribution in [0.2, 0.25) is 0 Å². The van der Waals surface area contributed by atoms with Crippen molar-refractivity contribution in [3.63, 3.8) is 0 Å². The van der Waals surface area contributed by atoms with Crippen LogP contribution in [0.1, 0.15) is 49.6 Å². The first-order valence-electron chi connectivity index (χ1n) is 7.84. The summed E-state index contributed by atoms with van der Waals surface area (Å²) in [5.41, 5.74) is 0.849. The van der Waals surface area contributed by atoms with Gasteiger partial charge in [-0.2, -0.15) is 4.98 Å². The third-order valence-electron chi connectivity index (χ3n) is 3.78. The van der Waals surface area contributed by atoms with E-state index in [-0.39, 0.29) is 11.9 Å². The maximum atomic E-state index is 12.7. The van der Waals surface area contributed by atoms with Crippen molar-refractivity contribution >= 4 is 29.0 Å². The quantitative estimate of drug-likeness (QED) is 0.769. The Balaban J connectivity index is 1.70. The van der Waals surface area contributed by atoms with Gasteiger partial charge in [-0.1, -0.05) is 23.8 Å². The molecule has 0 radical (unpaired) electrons. The maximum absolute atomic E-state index is 12.7. The summed E-state index contributed by atoms with van der Waals surface area (Å²) < 4.78 is 6.32. The number of thiazole rings is 1. The van der Waals surface area contributed by atoms with E-state index in [1.165, 1.54) is 0 Å². The molecule has 2 aromatic heterocycles. The van der Waals surface area contributed by atoms with Crippen LogP contribution in [0.15, 0.2) is 14.2 Å². The van der Waals surface area contributed by atoms with Gasteiger partial charge in [-0.15, -0.1) is 11.3 Å². The van der Waals surface area contributed by atoms with Crippen molar-refractivity contribution in [1.82, 2.24) is 20.0 Å². The largest absolute Gasteiger partial charge is 0.337 e. The maximum Gasteiger partial charge on any atom is 0.249 e. The van der Waals surface area contributed by atoms with E-state index in [0.29, 0.717) is 18.1 Å². The molecule has 0 aromatic carbocycles. The zero-order chi connectivity index (χ0) is 16.2. The van der Waals surface area contributed by atoms with Gasteiger partial charge in [0.2, 0.25) is 11.8 Å². The zero-order valence-electron chi connectivity index (χ0n) is 13.3. The van der Waals surface area contributed by atoms with Crippen molar-refractivity contribution in [2.75, 3.05) is 12.3 Å². The molecular weight excluding hydrogens is 332 g/mol. The molecule has 0 aliphatic carbocycles. The highest BCUT2D eigenvalue weighted by molar-refractivity contribution is 8.00. The van der Waals surface area contributed by atoms with Gasteiger partial charge in [-0.3, -0.25) is 4.79 Å². The summed E-state index contributed by atoms with van der Waals surface area (Å²) in [6.07, 6.45) is 3.30. The predicted octanol–water partition coefficient (Wildman–Crippen LogP) is 3.24. The first-order chi connectivity index (χ1) is 11.2. The Labute approximate surface area is 143 Å². The Hall–Kier alpha value is -1.41. The van der Waals surface area contributed by atoms with E-state index in [9.17, 15) is 4.79 Å². The first kappa shape index (κ1) is 16.4. The Bertz CT molecular complexity index is 670. The number of aromatic nitrogens is 3. The molecule has 0 bridgehead atoms. The topological polar surface area (TPSA) is 72.1 Å². The lowest BCUT2D eigenvalue weighted by molar-refractivity contribution is -0.135. The van der Waals surface area contributed by atoms with Crippen LogP contribution in [0.4, 0.5) is 0 Å². The molecule has 1 amide bonds. The number of carbonyl (C=O) groups excluding carboxylic acids is 1. The van der Waals surface area contributed by atoms with Crippen LogP contribution in [0, 0.1) is 6.92 Å². The Morgan fingerprint density at radius 3 is 3.09 bits per heavy atom. The Morgan fingerprint density at radius 1 is 1.48 bits per heavy atom. The van der Waals surface area contributed by atoms with E-state index in [0.717, 1.165) is 41.6 Å². The SMILES string of the molecule is CCSc1nc(CC(=O)N2CCCCC2c2nc(C)no2)cs1. The lowest BCUT2D eigenvalue weighted by atomic mass is 10.0. The van der Waals surface area contributed by atoms with Gasteiger partial charge >= 0.3 is 0 Å². The fourth-order valence-corrected chi connectivity index (χ4v) is 4.49. The molecule has 1 saturated heterocycles. The molecule has 23 heavy (non-hydrogen) atoms. The molecule has 3 heterocycles. The average Bonchev–Trinajstić information content (AvgIpc) is 3.17. The van der Waals surface area contributed by atoms with Crippen molar-refractivity contribution in [3.05, 3.63) is 22.8 Å². The lowest BCUT2D eigenvalue weighted by Crippen LogP contribution is -2.39. The fourth-order valence-electron chi connectivity index (χ4n) is 2.75. The number of hydrogen-bond donors (Lipinski definition) is 0. The van der Waals surface area contributed by atoms with Crippen molar-refractivity contribution in [2.24, 2.45) is 0 Å². The molecule has 0 spiro atoms. The number of nitrogens with zero attached hydrogens (tertiary/aromatic N) is 4. The number of likely N-dealkylation sites (tertiary alicyclic amines) is 1. The lowest BCUT2D eigenvalue weighted by Gasteiger charge is -2.33. The summed E-state index contributed by atoms with van der Waals surface area (Å²) in [6, 6.07) is -0.0967. The molecule has 1 unspecified atom stereocenters. The van der Waals surface area contributed by atoms with Crippen molar-refractivity contribution in [3.8, 4) is 0 Å². The first-order valence-corrected chi connectivity index (χ1v) is 9.70. The van der Waals surface area contributed by atoms with Crippen LogP contribution in [0.3, 0.4) is 0 Å². The Morgan fingerprint density at radius 2 is 2.35 bits per heavy atom. The third-order valence-corrected chi connectivity index (χ3v) is 5.73. The van der Waals surface area contributed by atoms with Gasteiger partial charge in [-0.25, -0.2) is 4.98 Å². The van der Waals surface area contributed by atoms with E-state index in [4.69, 9.17) is 4.52 Å². The van der Waals surface area contributed by atoms with E-state index in [1.54, 1.807) is 30.0 Å². The van der Waals surface area contributed by atoms with Crippen LogP contribution >= 0.6 is 23.1 Å². The summed E-state index contributed by atoms with van der Waals surface area (Å²) in [4.78, 5) is 23.4. The molecule has 8 heteroatoms. The number of piperidine rings is 1. The van der Waals surface area contributed by atoms with E-state index in [2.05, 4.69) is 22.0 Å². The fraction of sp³-hybridized carbons (Fsp3) is 0.600. The highest BCUT2D eigenvalue weighted by Gasteiger charge is 2.32. The highest BCUT2D eigenvalue weighted by atomic mass is 32.2. The van der Waals surface area contributed by atoms with Crippen LogP contribution in [0.25, 0.3) is 0 Å². The van der Waals surface area contributed by atoms with Gasteiger partial charge in [0.15, 0.2) is 5.82 Å². The molecule has 6 nitrogen and oxygen atoms in total. The van der Waals surface area contributed by atoms with Crippen molar-refractivity contribution in [2.45, 2.75) is 49.9 Å². The summed E-state index contributed by atoms with van der Waals surface area (Å²) >= 11 is 3.31. The number of aryl methyl sites for hydroxylation is 1. The van der Waals surface area contributed by atoms with Gasteiger partial charge in [0.05, 0.1) is 12.1 Å². The molecule has 1 atom stereocenters. The minimum atomic E-state index is -0.0967. The monoisotopic (exact) mass is 352 g/mol. The summed E-state index contributed by atoms with van der Waals surface area (Å²) in [5.74, 6) is 2.24. The molecule has 2 aromatic rings. The number of carbonyl (C=O) groups is 1. The number of hydrogen-bond acceptors (Lipinski definition) is 7. The zero-order valence-corrected chi connectivity index (χ0v) is 15.0. The average molecular weight is 352 g/mol. The molecule has 0 N–H and O–H groups in total. The van der Waals surface area contributed by atoms with Gasteiger partial charge < -0.3 is 9.42 Å². The second-order valence-electron chi connectivity index (χ2n) is 5.49. The van der Waals surface area contributed by atoms with Gasteiger partial charge in [0, 0.05) is 11.9 Å². The predicted molar refractivity (Wildman–Crippen MR) is 89.6 cm³/mol. The van der Waals surface area contributed by atoms with Crippen LogP contribution in [-0.2, 0) is 11.2 Å². The number of thioether (sulfide) groups is 1. The van der Waals surface area contributed by atoms with E-state index >= 15 is 0 Å². The standard InChI is InChI=1S/C15H20N4O2S2/c1-3-22-15-17-11(9-23-15)8-13(20)19-7-5-4-6-12(19)14-16-10(2)18-21-14/h9,12H,3-8H2,1-2H3. The van der Waals surface area contributed by atoms with Crippen molar-refractivity contribution in [1.29, 1.82) is 0 Å². The number of rotatable bonds is 5. The van der Waals surface area contributed by atoms with Gasteiger partial charge in [0.25, 0.3) is 0 Å². The normalized spacial score (nSPS) is 18.3. The summed E-state index contributed by atoms with van der Waals surface area (Å²) in [6.45, 7) is 4.64. The molecule has 1 aliphatic rings. The van der Waals surface area contributed by atoms with E-state index < -0.39 is 0 Å². The van der Waals surface area contributed by atoms with Gasteiger partial charge in [0.1, 0.15) is 10.4 Å². The van der Waals surface area contributed by atoms with Crippen molar-refractivity contribution < 1.29 is 9.32 Å². The minimum Gasteiger partial charge on any atom is -0.337 e. The molecule has 1 fully saturated rings. The molecular formula is C15H20N4O2S2. The Kier molecular flexibility index (Phi) is 5.32. The third kappa shape index (κ3) is 3.92. The highest BCUT2D eigenvalue weighted by Crippen LogP contribution is 2.31. The van der Waals surface area contributed by atoms with Crippen LogP contribution in [-0.4, -0.2) is 38.2 Å².